The number of benzene rings is 1. The van der Waals surface area contributed by atoms with Gasteiger partial charge in [-0.2, -0.15) is 5.10 Å². The Hall–Kier alpha value is -3.81. The minimum atomic E-state index is 0.548. The summed E-state index contributed by atoms with van der Waals surface area (Å²) in [5.41, 5.74) is 5.88. The Balaban J connectivity index is 1.13. The summed E-state index contributed by atoms with van der Waals surface area (Å²) in [5.74, 6) is 1.02. The molecule has 8 rings (SSSR count). The van der Waals surface area contributed by atoms with Gasteiger partial charge in [0.1, 0.15) is 5.82 Å². The van der Waals surface area contributed by atoms with Gasteiger partial charge >= 0.3 is 0 Å². The molecule has 8 heteroatoms. The number of anilines is 1. The normalized spacial score (nSPS) is 19.2. The molecule has 7 heterocycles. The molecule has 0 aliphatic carbocycles. The second kappa shape index (κ2) is 8.94. The van der Waals surface area contributed by atoms with E-state index < -0.39 is 0 Å². The number of aryl methyl sites for hydroxylation is 1. The van der Waals surface area contributed by atoms with Gasteiger partial charge in [-0.15, -0.1) is 0 Å². The number of aromatic nitrogens is 5. The first-order chi connectivity index (χ1) is 18.1. The monoisotopic (exact) mass is 507 g/mol. The van der Waals surface area contributed by atoms with E-state index in [-0.39, 0.29) is 0 Å². The first-order valence-corrected chi connectivity index (χ1v) is 12.9. The van der Waals surface area contributed by atoms with Crippen LogP contribution in [0.1, 0.15) is 12.0 Å². The highest BCUT2D eigenvalue weighted by atomic mass is 35.5. The zero-order chi connectivity index (χ0) is 24.9. The Bertz CT molecular complexity index is 1580. The lowest BCUT2D eigenvalue weighted by Gasteiger charge is -2.56. The van der Waals surface area contributed by atoms with Crippen molar-refractivity contribution in [1.29, 1.82) is 0 Å². The number of rotatable bonds is 5. The number of hydrogen-bond acceptors (Lipinski definition) is 6. The van der Waals surface area contributed by atoms with Crippen molar-refractivity contribution in [3.63, 3.8) is 0 Å². The summed E-state index contributed by atoms with van der Waals surface area (Å²) in [5, 5.41) is 6.13. The van der Waals surface area contributed by atoms with E-state index in [9.17, 15) is 0 Å². The van der Waals surface area contributed by atoms with Crippen LogP contribution in [0.15, 0.2) is 79.4 Å². The summed E-state index contributed by atoms with van der Waals surface area (Å²) in [6.07, 6.45) is 8.82. The summed E-state index contributed by atoms with van der Waals surface area (Å²) < 4.78 is 1.79. The molecule has 3 aliphatic rings. The maximum absolute atomic E-state index is 6.20. The van der Waals surface area contributed by atoms with E-state index in [0.717, 1.165) is 63.9 Å². The molecule has 0 saturated carbocycles. The standard InChI is InChI=1S/C29H26ClN7/c1-35-16-21(14-33-35)26-12-27-25(6-3-9-31-27)29(34-26)20-7-8-28(32-13-20)36-17-23-11-24(18-36)37(23)15-19-4-2-5-22(30)10-19/h2-10,12-14,16,23-24H,11,15,17-18H2,1H3. The van der Waals surface area contributed by atoms with Crippen LogP contribution >= 0.6 is 11.6 Å². The third-order valence-corrected chi connectivity index (χ3v) is 7.78. The number of nitrogens with zero attached hydrogens (tertiary/aromatic N) is 7. The second-order valence-corrected chi connectivity index (χ2v) is 10.4. The maximum atomic E-state index is 6.20. The fourth-order valence-electron chi connectivity index (χ4n) is 5.69. The van der Waals surface area contributed by atoms with Crippen molar-refractivity contribution in [3.8, 4) is 22.5 Å². The number of pyridine rings is 3. The zero-order valence-electron chi connectivity index (χ0n) is 20.5. The van der Waals surface area contributed by atoms with Gasteiger partial charge in [0.25, 0.3) is 0 Å². The number of piperidine rings is 1. The van der Waals surface area contributed by atoms with Crippen molar-refractivity contribution in [3.05, 3.63) is 90.0 Å². The molecular weight excluding hydrogens is 482 g/mol. The number of fused-ring (bicyclic) bond motifs is 3. The molecule has 0 amide bonds. The quantitative estimate of drug-likeness (QED) is 0.325. The number of hydrogen-bond donors (Lipinski definition) is 0. The topological polar surface area (TPSA) is 63.0 Å². The first kappa shape index (κ1) is 22.4. The van der Waals surface area contributed by atoms with Crippen LogP contribution in [0.25, 0.3) is 33.4 Å². The van der Waals surface area contributed by atoms with E-state index in [0.29, 0.717) is 12.1 Å². The largest absolute Gasteiger partial charge is 0.353 e. The molecule has 3 saturated heterocycles. The van der Waals surface area contributed by atoms with Gasteiger partial charge in [-0.1, -0.05) is 23.7 Å². The van der Waals surface area contributed by atoms with Crippen molar-refractivity contribution in [2.24, 2.45) is 7.05 Å². The van der Waals surface area contributed by atoms with Crippen molar-refractivity contribution in [2.45, 2.75) is 25.0 Å². The van der Waals surface area contributed by atoms with Crippen LogP contribution in [0.3, 0.4) is 0 Å². The Labute approximate surface area is 220 Å². The molecule has 7 nitrogen and oxygen atoms in total. The van der Waals surface area contributed by atoms with Crippen LogP contribution < -0.4 is 4.90 Å². The lowest BCUT2D eigenvalue weighted by Crippen LogP contribution is -2.68. The summed E-state index contributed by atoms with van der Waals surface area (Å²) in [4.78, 5) is 19.5. The highest BCUT2D eigenvalue weighted by molar-refractivity contribution is 6.30. The van der Waals surface area contributed by atoms with Gasteiger partial charge in [-0.25, -0.2) is 9.97 Å². The van der Waals surface area contributed by atoms with Crippen molar-refractivity contribution in [1.82, 2.24) is 29.6 Å². The van der Waals surface area contributed by atoms with Crippen molar-refractivity contribution in [2.75, 3.05) is 18.0 Å². The third kappa shape index (κ3) is 4.14. The van der Waals surface area contributed by atoms with Gasteiger partial charge in [0.2, 0.25) is 0 Å². The molecule has 0 N–H and O–H groups in total. The molecule has 5 aromatic rings. The van der Waals surface area contributed by atoms with Gasteiger partial charge < -0.3 is 4.90 Å². The highest BCUT2D eigenvalue weighted by Crippen LogP contribution is 2.36. The van der Waals surface area contributed by atoms with Crippen LogP contribution in [0.5, 0.6) is 0 Å². The fraction of sp³-hybridized carbons (Fsp3) is 0.241. The SMILES string of the molecule is Cn1cc(-c2cc3ncccc3c(-c3ccc(N4CC5CC(C4)N5Cc4cccc(Cl)c4)nc3)n2)cn1. The fourth-order valence-corrected chi connectivity index (χ4v) is 5.90. The lowest BCUT2D eigenvalue weighted by molar-refractivity contribution is -0.00867. The van der Waals surface area contributed by atoms with E-state index in [2.05, 4.69) is 50.2 Å². The van der Waals surface area contributed by atoms with Crippen molar-refractivity contribution < 1.29 is 0 Å². The van der Waals surface area contributed by atoms with E-state index in [1.807, 2.05) is 56.1 Å². The van der Waals surface area contributed by atoms with Gasteiger partial charge in [0.05, 0.1) is 23.1 Å². The van der Waals surface area contributed by atoms with Crippen LogP contribution in [0.4, 0.5) is 5.82 Å². The molecule has 2 bridgehead atoms. The summed E-state index contributed by atoms with van der Waals surface area (Å²) >= 11 is 6.20. The number of halogens is 1. The van der Waals surface area contributed by atoms with E-state index >= 15 is 0 Å². The average molecular weight is 508 g/mol. The summed E-state index contributed by atoms with van der Waals surface area (Å²) in [6.45, 7) is 2.94. The second-order valence-electron chi connectivity index (χ2n) is 9.98. The molecule has 37 heavy (non-hydrogen) atoms. The van der Waals surface area contributed by atoms with Crippen LogP contribution in [0.2, 0.25) is 5.02 Å². The Morgan fingerprint density at radius 2 is 1.84 bits per heavy atom. The predicted octanol–water partition coefficient (Wildman–Crippen LogP) is 5.21. The minimum absolute atomic E-state index is 0.548. The lowest BCUT2D eigenvalue weighted by atomic mass is 9.86. The molecule has 3 aliphatic heterocycles. The Morgan fingerprint density at radius 1 is 0.946 bits per heavy atom. The van der Waals surface area contributed by atoms with E-state index in [1.54, 1.807) is 4.68 Å². The molecule has 1 aromatic carbocycles. The molecule has 0 spiro atoms. The summed E-state index contributed by atoms with van der Waals surface area (Å²) in [7, 11) is 1.91. The predicted molar refractivity (Wildman–Crippen MR) is 146 cm³/mol. The Kier molecular flexibility index (Phi) is 5.41. The first-order valence-electron chi connectivity index (χ1n) is 12.6. The molecule has 4 aromatic heterocycles. The number of piperazine rings is 1. The van der Waals surface area contributed by atoms with Crippen LogP contribution in [-0.4, -0.2) is 54.8 Å². The maximum Gasteiger partial charge on any atom is 0.128 e. The molecule has 0 radical (unpaired) electrons. The third-order valence-electron chi connectivity index (χ3n) is 7.54. The van der Waals surface area contributed by atoms with Crippen molar-refractivity contribution >= 4 is 28.3 Å². The van der Waals surface area contributed by atoms with Gasteiger partial charge in [-0.3, -0.25) is 14.6 Å². The van der Waals surface area contributed by atoms with E-state index in [1.165, 1.54) is 12.0 Å². The molecule has 2 unspecified atom stereocenters. The summed E-state index contributed by atoms with van der Waals surface area (Å²) in [6, 6.07) is 19.6. The zero-order valence-corrected chi connectivity index (χ0v) is 21.3. The van der Waals surface area contributed by atoms with Gasteiger partial charge in [0, 0.05) is 78.9 Å². The highest BCUT2D eigenvalue weighted by Gasteiger charge is 2.44. The minimum Gasteiger partial charge on any atom is -0.353 e. The van der Waals surface area contributed by atoms with Crippen LogP contribution in [0, 0.1) is 0 Å². The molecular formula is C29H26ClN7. The van der Waals surface area contributed by atoms with Gasteiger partial charge in [0.15, 0.2) is 0 Å². The van der Waals surface area contributed by atoms with E-state index in [4.69, 9.17) is 21.6 Å². The van der Waals surface area contributed by atoms with Crippen LogP contribution in [-0.2, 0) is 13.6 Å². The molecule has 3 fully saturated rings. The Morgan fingerprint density at radius 3 is 2.59 bits per heavy atom. The smallest absolute Gasteiger partial charge is 0.128 e. The van der Waals surface area contributed by atoms with Gasteiger partial charge in [-0.05, 0) is 54.4 Å². The molecule has 2 atom stereocenters. The molecule has 184 valence electrons. The average Bonchev–Trinajstić information content (AvgIpc) is 3.37.